The number of aryl methyl sites for hydroxylation is 1. The monoisotopic (exact) mass is 441 g/mol. The maximum absolute atomic E-state index is 14.7. The van der Waals surface area contributed by atoms with Crippen molar-refractivity contribution in [2.45, 2.75) is 11.8 Å². The minimum Gasteiger partial charge on any atom is -0.355 e. The van der Waals surface area contributed by atoms with Gasteiger partial charge in [0.05, 0.1) is 10.5 Å². The minimum atomic E-state index is -4.02. The van der Waals surface area contributed by atoms with Gasteiger partial charge in [0.15, 0.2) is 0 Å². The Morgan fingerprint density at radius 3 is 2.26 bits per heavy atom. The number of carbonyl (C=O) groups excluding carboxylic acids is 2. The molecule has 3 N–H and O–H groups in total. The molecule has 0 aliphatic carbocycles. The maximum Gasteiger partial charge on any atom is 0.269 e. The second kappa shape index (κ2) is 9.07. The van der Waals surface area contributed by atoms with Crippen molar-refractivity contribution in [1.29, 1.82) is 0 Å². The van der Waals surface area contributed by atoms with Gasteiger partial charge in [0.2, 0.25) is 0 Å². The van der Waals surface area contributed by atoms with Crippen molar-refractivity contribution >= 4 is 21.8 Å². The molecule has 2 amide bonds. The molecule has 0 saturated heterocycles. The standard InChI is InChI=1S/C22H20FN3O4S/c1-14-11-17(15-7-6-8-16(12-15)21(27)24-2)13-19(20(14)23)22(28)25-26-31(29,30)18-9-4-3-5-10-18/h3-13,26H,1-2H3,(H,24,27)(H,25,28). The van der Waals surface area contributed by atoms with Crippen LogP contribution in [0.5, 0.6) is 0 Å². The van der Waals surface area contributed by atoms with E-state index in [2.05, 4.69) is 5.32 Å². The van der Waals surface area contributed by atoms with Crippen molar-refractivity contribution in [1.82, 2.24) is 15.6 Å². The first-order chi connectivity index (χ1) is 14.7. The fourth-order valence-electron chi connectivity index (χ4n) is 2.93. The molecule has 3 aromatic rings. The zero-order chi connectivity index (χ0) is 22.6. The average Bonchev–Trinajstić information content (AvgIpc) is 2.79. The molecule has 0 aromatic heterocycles. The molecule has 31 heavy (non-hydrogen) atoms. The number of hydrogen-bond acceptors (Lipinski definition) is 4. The number of carbonyl (C=O) groups is 2. The highest BCUT2D eigenvalue weighted by atomic mass is 32.2. The van der Waals surface area contributed by atoms with Crippen LogP contribution in [-0.2, 0) is 10.0 Å². The normalized spacial score (nSPS) is 11.1. The molecule has 0 saturated carbocycles. The first kappa shape index (κ1) is 22.1. The van der Waals surface area contributed by atoms with Gasteiger partial charge in [-0.3, -0.25) is 15.0 Å². The molecule has 0 unspecified atom stereocenters. The number of nitrogens with one attached hydrogen (secondary N) is 3. The highest BCUT2D eigenvalue weighted by Gasteiger charge is 2.19. The molecule has 3 aromatic carbocycles. The van der Waals surface area contributed by atoms with Crippen LogP contribution in [0.15, 0.2) is 71.6 Å². The quantitative estimate of drug-likeness (QED) is 0.512. The average molecular weight is 441 g/mol. The molecule has 0 aliphatic rings. The summed E-state index contributed by atoms with van der Waals surface area (Å²) in [6.07, 6.45) is 0. The summed E-state index contributed by atoms with van der Waals surface area (Å²) in [6, 6.07) is 16.9. The first-order valence-corrected chi connectivity index (χ1v) is 10.7. The number of rotatable bonds is 6. The van der Waals surface area contributed by atoms with Crippen molar-refractivity contribution in [2.75, 3.05) is 7.05 Å². The summed E-state index contributed by atoms with van der Waals surface area (Å²) < 4.78 is 39.2. The van der Waals surface area contributed by atoms with Crippen LogP contribution in [-0.4, -0.2) is 27.3 Å². The number of hydrazine groups is 1. The van der Waals surface area contributed by atoms with Gasteiger partial charge in [-0.05, 0) is 60.0 Å². The van der Waals surface area contributed by atoms with E-state index in [9.17, 15) is 22.4 Å². The lowest BCUT2D eigenvalue weighted by molar-refractivity contribution is 0.0938. The number of sulfonamides is 1. The van der Waals surface area contributed by atoms with E-state index in [1.807, 2.05) is 10.3 Å². The fourth-order valence-corrected chi connectivity index (χ4v) is 3.79. The third kappa shape index (κ3) is 4.96. The third-order valence-electron chi connectivity index (χ3n) is 4.54. The SMILES string of the molecule is CNC(=O)c1cccc(-c2cc(C)c(F)c(C(=O)NNS(=O)(=O)c3ccccc3)c2)c1. The van der Waals surface area contributed by atoms with Crippen LogP contribution in [0.1, 0.15) is 26.3 Å². The Balaban J connectivity index is 1.89. The van der Waals surface area contributed by atoms with Crippen LogP contribution < -0.4 is 15.6 Å². The second-order valence-corrected chi connectivity index (χ2v) is 8.37. The van der Waals surface area contributed by atoms with Crippen molar-refractivity contribution in [2.24, 2.45) is 0 Å². The summed E-state index contributed by atoms with van der Waals surface area (Å²) in [5.41, 5.74) is 3.41. The molecule has 9 heteroatoms. The van der Waals surface area contributed by atoms with Gasteiger partial charge in [0.1, 0.15) is 5.82 Å². The summed E-state index contributed by atoms with van der Waals surface area (Å²) >= 11 is 0. The van der Waals surface area contributed by atoms with Gasteiger partial charge < -0.3 is 5.32 Å². The maximum atomic E-state index is 14.7. The molecule has 3 rings (SSSR count). The van der Waals surface area contributed by atoms with Gasteiger partial charge in [-0.25, -0.2) is 12.8 Å². The molecule has 0 aliphatic heterocycles. The lowest BCUT2D eigenvalue weighted by Crippen LogP contribution is -2.41. The molecular formula is C22H20FN3O4S. The Bertz CT molecular complexity index is 1240. The van der Waals surface area contributed by atoms with E-state index in [1.165, 1.54) is 44.3 Å². The first-order valence-electron chi connectivity index (χ1n) is 9.23. The largest absolute Gasteiger partial charge is 0.355 e. The van der Waals surface area contributed by atoms with Crippen LogP contribution >= 0.6 is 0 Å². The van der Waals surface area contributed by atoms with E-state index >= 15 is 0 Å². The van der Waals surface area contributed by atoms with Gasteiger partial charge in [0.25, 0.3) is 21.8 Å². The lowest BCUT2D eigenvalue weighted by atomic mass is 9.98. The fraction of sp³-hybridized carbons (Fsp3) is 0.0909. The molecule has 0 radical (unpaired) electrons. The zero-order valence-corrected chi connectivity index (χ0v) is 17.6. The highest BCUT2D eigenvalue weighted by Crippen LogP contribution is 2.26. The Kier molecular flexibility index (Phi) is 6.47. The Morgan fingerprint density at radius 2 is 1.58 bits per heavy atom. The van der Waals surface area contributed by atoms with Crippen molar-refractivity contribution in [3.8, 4) is 11.1 Å². The lowest BCUT2D eigenvalue weighted by Gasteiger charge is -2.12. The summed E-state index contributed by atoms with van der Waals surface area (Å²) in [5.74, 6) is -2.01. The number of amides is 2. The van der Waals surface area contributed by atoms with Gasteiger partial charge in [-0.15, -0.1) is 4.83 Å². The Morgan fingerprint density at radius 1 is 0.871 bits per heavy atom. The van der Waals surface area contributed by atoms with Gasteiger partial charge in [0, 0.05) is 12.6 Å². The van der Waals surface area contributed by atoms with Gasteiger partial charge in [-0.1, -0.05) is 30.3 Å². The van der Waals surface area contributed by atoms with E-state index in [1.54, 1.807) is 36.4 Å². The molecule has 0 atom stereocenters. The molecule has 7 nitrogen and oxygen atoms in total. The van der Waals surface area contributed by atoms with E-state index in [0.717, 1.165) is 0 Å². The van der Waals surface area contributed by atoms with E-state index in [-0.39, 0.29) is 21.9 Å². The van der Waals surface area contributed by atoms with Crippen LogP contribution in [0, 0.1) is 12.7 Å². The highest BCUT2D eigenvalue weighted by molar-refractivity contribution is 7.89. The number of hydrogen-bond donors (Lipinski definition) is 3. The van der Waals surface area contributed by atoms with E-state index in [0.29, 0.717) is 16.7 Å². The number of halogens is 1. The van der Waals surface area contributed by atoms with Crippen LogP contribution in [0.4, 0.5) is 4.39 Å². The Labute approximate surface area is 179 Å². The molecule has 0 bridgehead atoms. The summed E-state index contributed by atoms with van der Waals surface area (Å²) in [4.78, 5) is 26.4. The van der Waals surface area contributed by atoms with E-state index in [4.69, 9.17) is 0 Å². The van der Waals surface area contributed by atoms with Gasteiger partial charge >= 0.3 is 0 Å². The summed E-state index contributed by atoms with van der Waals surface area (Å²) in [5, 5.41) is 2.53. The Hall–Kier alpha value is -3.56. The topological polar surface area (TPSA) is 104 Å². The molecule has 0 fully saturated rings. The van der Waals surface area contributed by atoms with Crippen molar-refractivity contribution < 1.29 is 22.4 Å². The summed E-state index contributed by atoms with van der Waals surface area (Å²) in [7, 11) is -2.51. The smallest absolute Gasteiger partial charge is 0.269 e. The third-order valence-corrected chi connectivity index (χ3v) is 5.80. The molecule has 160 valence electrons. The van der Waals surface area contributed by atoms with Crippen LogP contribution in [0.2, 0.25) is 0 Å². The predicted octanol–water partition coefficient (Wildman–Crippen LogP) is 2.78. The molecule has 0 heterocycles. The number of benzene rings is 3. The van der Waals surface area contributed by atoms with E-state index < -0.39 is 21.7 Å². The van der Waals surface area contributed by atoms with Crippen molar-refractivity contribution in [3.63, 3.8) is 0 Å². The van der Waals surface area contributed by atoms with Crippen molar-refractivity contribution in [3.05, 3.63) is 89.2 Å². The molecule has 0 spiro atoms. The summed E-state index contributed by atoms with van der Waals surface area (Å²) in [6.45, 7) is 1.49. The predicted molar refractivity (Wildman–Crippen MR) is 114 cm³/mol. The second-order valence-electron chi connectivity index (χ2n) is 6.69. The zero-order valence-electron chi connectivity index (χ0n) is 16.8. The van der Waals surface area contributed by atoms with Gasteiger partial charge in [-0.2, -0.15) is 0 Å². The van der Waals surface area contributed by atoms with Crippen LogP contribution in [0.3, 0.4) is 0 Å². The van der Waals surface area contributed by atoms with Crippen LogP contribution in [0.25, 0.3) is 11.1 Å². The molecular weight excluding hydrogens is 421 g/mol. The minimum absolute atomic E-state index is 0.0493.